The molecule has 4 rings (SSSR count). The maximum absolute atomic E-state index is 2.80. The van der Waals surface area contributed by atoms with Crippen LogP contribution in [-0.4, -0.2) is 37.1 Å². The van der Waals surface area contributed by atoms with E-state index in [0.717, 1.165) is 12.0 Å². The van der Waals surface area contributed by atoms with Crippen molar-refractivity contribution in [2.45, 2.75) is 91.5 Å². The van der Waals surface area contributed by atoms with E-state index in [1.54, 1.807) is 5.56 Å². The smallest absolute Gasteiger partial charge is 0.0402 e. The van der Waals surface area contributed by atoms with Crippen LogP contribution >= 0.6 is 0 Å². The third-order valence-corrected chi connectivity index (χ3v) is 8.09. The third-order valence-electron chi connectivity index (χ3n) is 8.09. The predicted molar refractivity (Wildman–Crippen MR) is 126 cm³/mol. The van der Waals surface area contributed by atoms with E-state index in [0.29, 0.717) is 16.7 Å². The van der Waals surface area contributed by atoms with Gasteiger partial charge < -0.3 is 4.90 Å². The first kappa shape index (κ1) is 21.2. The van der Waals surface area contributed by atoms with Crippen molar-refractivity contribution in [3.05, 3.63) is 29.8 Å². The van der Waals surface area contributed by atoms with Gasteiger partial charge >= 0.3 is 0 Å². The Labute approximate surface area is 180 Å². The summed E-state index contributed by atoms with van der Waals surface area (Å²) in [6.45, 7) is 17.2. The van der Waals surface area contributed by atoms with Crippen molar-refractivity contribution >= 4 is 5.69 Å². The minimum atomic E-state index is 0.441. The van der Waals surface area contributed by atoms with Crippen LogP contribution in [0.5, 0.6) is 0 Å². The lowest BCUT2D eigenvalue weighted by atomic mass is 9.60. The molecule has 0 spiro atoms. The Balaban J connectivity index is 1.45. The molecule has 0 radical (unpaired) electrons. The lowest BCUT2D eigenvalue weighted by Crippen LogP contribution is -2.51. The van der Waals surface area contributed by atoms with Gasteiger partial charge in [-0.2, -0.15) is 0 Å². The number of nitrogens with zero attached hydrogens (tertiary/aromatic N) is 2. The second kappa shape index (κ2) is 8.25. The highest BCUT2D eigenvalue weighted by atomic mass is 15.3. The highest BCUT2D eigenvalue weighted by Gasteiger charge is 2.40. The molecule has 0 aromatic heterocycles. The van der Waals surface area contributed by atoms with Gasteiger partial charge in [-0.15, -0.1) is 0 Å². The molecule has 1 aliphatic heterocycles. The maximum atomic E-state index is 2.80. The second-order valence-electron chi connectivity index (χ2n) is 12.1. The van der Waals surface area contributed by atoms with Crippen LogP contribution in [0.15, 0.2) is 24.3 Å². The van der Waals surface area contributed by atoms with Crippen LogP contribution in [0, 0.1) is 16.7 Å². The van der Waals surface area contributed by atoms with Crippen LogP contribution in [0.25, 0.3) is 0 Å². The van der Waals surface area contributed by atoms with Crippen molar-refractivity contribution in [1.29, 1.82) is 0 Å². The fourth-order valence-corrected chi connectivity index (χ4v) is 7.12. The second-order valence-corrected chi connectivity index (χ2v) is 12.1. The third kappa shape index (κ3) is 5.01. The molecular weight excluding hydrogens is 352 g/mol. The van der Waals surface area contributed by atoms with Gasteiger partial charge in [0, 0.05) is 37.9 Å². The fraction of sp³-hybridized carbons (Fsp3) is 0.778. The van der Waals surface area contributed by atoms with Gasteiger partial charge in [0.2, 0.25) is 0 Å². The topological polar surface area (TPSA) is 6.48 Å². The molecule has 3 aliphatic rings. The van der Waals surface area contributed by atoms with Crippen LogP contribution in [0.4, 0.5) is 5.69 Å². The summed E-state index contributed by atoms with van der Waals surface area (Å²) >= 11 is 0. The van der Waals surface area contributed by atoms with Crippen LogP contribution < -0.4 is 4.90 Å². The van der Waals surface area contributed by atoms with Crippen LogP contribution in [0.3, 0.4) is 0 Å². The molecule has 2 heteroatoms. The van der Waals surface area contributed by atoms with Gasteiger partial charge in [0.15, 0.2) is 0 Å². The van der Waals surface area contributed by atoms with Crippen molar-refractivity contribution in [3.8, 4) is 0 Å². The molecule has 2 aliphatic carbocycles. The molecule has 2 saturated carbocycles. The lowest BCUT2D eigenvalue weighted by Gasteiger charge is -2.47. The first-order chi connectivity index (χ1) is 13.7. The minimum absolute atomic E-state index is 0.441. The molecule has 29 heavy (non-hydrogen) atoms. The number of hydrogen-bond acceptors (Lipinski definition) is 2. The Hall–Kier alpha value is -1.02. The zero-order valence-electron chi connectivity index (χ0n) is 19.7. The molecule has 1 aromatic rings. The van der Waals surface area contributed by atoms with Crippen molar-refractivity contribution in [1.82, 2.24) is 4.90 Å². The van der Waals surface area contributed by atoms with Crippen molar-refractivity contribution in [3.63, 3.8) is 0 Å². The summed E-state index contributed by atoms with van der Waals surface area (Å²) in [5, 5.41) is 0. The summed E-state index contributed by atoms with van der Waals surface area (Å²) in [5.41, 5.74) is 4.03. The van der Waals surface area contributed by atoms with Gasteiger partial charge in [-0.3, -0.25) is 4.90 Å². The standard InChI is InChI=1S/C27H44N2/c1-21-10-12-23(13-11-21)28-14-16-29(17-15-28)25-9-7-6-8-24(25)22-18-26(2,3)20-27(4,5)19-22/h6-9,21-23H,10-20H2,1-5H3. The molecule has 1 aromatic carbocycles. The first-order valence-corrected chi connectivity index (χ1v) is 12.3. The number of para-hydroxylation sites is 1. The molecule has 0 N–H and O–H groups in total. The summed E-state index contributed by atoms with van der Waals surface area (Å²) < 4.78 is 0. The zero-order valence-corrected chi connectivity index (χ0v) is 19.7. The molecule has 1 saturated heterocycles. The van der Waals surface area contributed by atoms with Crippen LogP contribution in [0.2, 0.25) is 0 Å². The zero-order chi connectivity index (χ0) is 20.6. The molecule has 0 bridgehead atoms. The van der Waals surface area contributed by atoms with E-state index in [2.05, 4.69) is 68.7 Å². The van der Waals surface area contributed by atoms with E-state index in [9.17, 15) is 0 Å². The van der Waals surface area contributed by atoms with Crippen LogP contribution in [-0.2, 0) is 0 Å². The largest absolute Gasteiger partial charge is 0.369 e. The van der Waals surface area contributed by atoms with E-state index < -0.39 is 0 Å². The van der Waals surface area contributed by atoms with Crippen molar-refractivity contribution in [2.24, 2.45) is 16.7 Å². The molecule has 0 amide bonds. The van der Waals surface area contributed by atoms with Crippen molar-refractivity contribution < 1.29 is 0 Å². The number of piperazine rings is 1. The summed E-state index contributed by atoms with van der Waals surface area (Å²) in [4.78, 5) is 5.50. The monoisotopic (exact) mass is 396 g/mol. The molecule has 0 atom stereocenters. The van der Waals surface area contributed by atoms with Crippen molar-refractivity contribution in [2.75, 3.05) is 31.1 Å². The quantitative estimate of drug-likeness (QED) is 0.560. The molecular formula is C27H44N2. The fourth-order valence-electron chi connectivity index (χ4n) is 7.12. The Morgan fingerprint density at radius 2 is 1.38 bits per heavy atom. The summed E-state index contributed by atoms with van der Waals surface area (Å²) in [7, 11) is 0. The molecule has 162 valence electrons. The van der Waals surface area contributed by atoms with E-state index in [4.69, 9.17) is 0 Å². The van der Waals surface area contributed by atoms with Gasteiger partial charge in [-0.1, -0.05) is 52.8 Å². The van der Waals surface area contributed by atoms with E-state index in [1.807, 2.05) is 0 Å². The Morgan fingerprint density at radius 1 is 0.793 bits per heavy atom. The summed E-state index contributed by atoms with van der Waals surface area (Å²) in [6.07, 6.45) is 9.70. The average Bonchev–Trinajstić information content (AvgIpc) is 2.66. The summed E-state index contributed by atoms with van der Waals surface area (Å²) in [6, 6.07) is 10.2. The number of rotatable bonds is 3. The Bertz CT molecular complexity index is 660. The van der Waals surface area contributed by atoms with Gasteiger partial charge in [-0.05, 0) is 79.2 Å². The maximum Gasteiger partial charge on any atom is 0.0402 e. The van der Waals surface area contributed by atoms with E-state index >= 15 is 0 Å². The Morgan fingerprint density at radius 3 is 2.00 bits per heavy atom. The van der Waals surface area contributed by atoms with E-state index in [1.165, 1.54) is 76.8 Å². The number of hydrogen-bond donors (Lipinski definition) is 0. The molecule has 1 heterocycles. The van der Waals surface area contributed by atoms with E-state index in [-0.39, 0.29) is 0 Å². The highest BCUT2D eigenvalue weighted by molar-refractivity contribution is 5.56. The molecule has 2 nitrogen and oxygen atoms in total. The number of benzene rings is 1. The minimum Gasteiger partial charge on any atom is -0.369 e. The van der Waals surface area contributed by atoms with Crippen LogP contribution in [0.1, 0.15) is 91.0 Å². The normalized spacial score (nSPS) is 31.0. The van der Waals surface area contributed by atoms with Gasteiger partial charge in [0.1, 0.15) is 0 Å². The van der Waals surface area contributed by atoms with Gasteiger partial charge in [0.05, 0.1) is 0 Å². The summed E-state index contributed by atoms with van der Waals surface area (Å²) in [5.74, 6) is 1.64. The molecule has 3 fully saturated rings. The SMILES string of the molecule is CC1CCC(N2CCN(c3ccccc3C3CC(C)(C)CC(C)(C)C3)CC2)CC1. The van der Waals surface area contributed by atoms with Gasteiger partial charge in [0.25, 0.3) is 0 Å². The number of anilines is 1. The van der Waals surface area contributed by atoms with Gasteiger partial charge in [-0.25, -0.2) is 0 Å². The highest BCUT2D eigenvalue weighted by Crippen LogP contribution is 2.53. The Kier molecular flexibility index (Phi) is 6.04. The lowest BCUT2D eigenvalue weighted by molar-refractivity contribution is 0.0968. The average molecular weight is 397 g/mol. The predicted octanol–water partition coefficient (Wildman–Crippen LogP) is 6.71. The first-order valence-electron chi connectivity index (χ1n) is 12.3. The molecule has 0 unspecified atom stereocenters.